The lowest BCUT2D eigenvalue weighted by Crippen LogP contribution is -2.34. The second-order valence-corrected chi connectivity index (χ2v) is 4.60. The van der Waals surface area contributed by atoms with Crippen molar-refractivity contribution in [1.29, 1.82) is 0 Å². The van der Waals surface area contributed by atoms with Gasteiger partial charge in [-0.2, -0.15) is 0 Å². The highest BCUT2D eigenvalue weighted by Crippen LogP contribution is 2.54. The molecule has 0 aliphatic heterocycles. The van der Waals surface area contributed by atoms with Crippen molar-refractivity contribution in [3.63, 3.8) is 0 Å². The quantitative estimate of drug-likeness (QED) is 0.831. The molecule has 1 aromatic carbocycles. The first-order valence-corrected chi connectivity index (χ1v) is 5.57. The van der Waals surface area contributed by atoms with Gasteiger partial charge in [-0.1, -0.05) is 17.7 Å². The standard InChI is InChI=1S/C13H16O4/c1-8-3-4-10(17-2)9(7-8)13(5-6-13)11(14)12(15)16/h3-4,7,11,14H,5-6H2,1-2H3,(H,15,16). The van der Waals surface area contributed by atoms with E-state index in [-0.39, 0.29) is 0 Å². The van der Waals surface area contributed by atoms with Gasteiger partial charge < -0.3 is 14.9 Å². The summed E-state index contributed by atoms with van der Waals surface area (Å²) >= 11 is 0. The zero-order chi connectivity index (χ0) is 12.6. The average molecular weight is 236 g/mol. The Morgan fingerprint density at radius 2 is 2.12 bits per heavy atom. The Morgan fingerprint density at radius 1 is 1.47 bits per heavy atom. The molecule has 4 heteroatoms. The van der Waals surface area contributed by atoms with Crippen molar-refractivity contribution < 1.29 is 19.7 Å². The summed E-state index contributed by atoms with van der Waals surface area (Å²) in [7, 11) is 1.55. The molecule has 1 atom stereocenters. The Bertz CT molecular complexity index is 449. The molecule has 1 aliphatic carbocycles. The Balaban J connectivity index is 2.46. The fourth-order valence-corrected chi connectivity index (χ4v) is 2.27. The van der Waals surface area contributed by atoms with Gasteiger partial charge >= 0.3 is 5.97 Å². The third kappa shape index (κ3) is 1.89. The van der Waals surface area contributed by atoms with E-state index in [9.17, 15) is 9.90 Å². The normalized spacial score (nSPS) is 18.5. The van der Waals surface area contributed by atoms with Crippen LogP contribution in [0.1, 0.15) is 24.0 Å². The first kappa shape index (κ1) is 11.9. The minimum absolute atomic E-state index is 0.647. The monoisotopic (exact) mass is 236 g/mol. The molecular weight excluding hydrogens is 220 g/mol. The fraction of sp³-hybridized carbons (Fsp3) is 0.462. The topological polar surface area (TPSA) is 66.8 Å². The minimum atomic E-state index is -1.36. The number of hydrogen-bond acceptors (Lipinski definition) is 3. The van der Waals surface area contributed by atoms with Gasteiger partial charge in [0.05, 0.1) is 7.11 Å². The third-order valence-corrected chi connectivity index (χ3v) is 3.44. The van der Waals surface area contributed by atoms with Gasteiger partial charge in [-0.05, 0) is 25.8 Å². The number of carboxylic acid groups (broad SMARTS) is 1. The van der Waals surface area contributed by atoms with Crippen LogP contribution in [0.3, 0.4) is 0 Å². The van der Waals surface area contributed by atoms with Gasteiger partial charge in [0.15, 0.2) is 6.10 Å². The van der Waals surface area contributed by atoms with E-state index in [1.807, 2.05) is 25.1 Å². The molecule has 0 saturated heterocycles. The van der Waals surface area contributed by atoms with Gasteiger partial charge in [0, 0.05) is 11.0 Å². The van der Waals surface area contributed by atoms with E-state index in [0.717, 1.165) is 11.1 Å². The summed E-state index contributed by atoms with van der Waals surface area (Å²) in [6.07, 6.45) is -0.00111. The van der Waals surface area contributed by atoms with Crippen molar-refractivity contribution in [2.24, 2.45) is 0 Å². The Labute approximate surface area is 99.8 Å². The van der Waals surface area contributed by atoms with E-state index in [1.54, 1.807) is 7.11 Å². The summed E-state index contributed by atoms with van der Waals surface area (Å²) in [5, 5.41) is 18.8. The SMILES string of the molecule is COc1ccc(C)cc1C1(C(O)C(=O)O)CC1. The van der Waals surface area contributed by atoms with Gasteiger partial charge in [0.25, 0.3) is 0 Å². The molecule has 1 fully saturated rings. The van der Waals surface area contributed by atoms with Crippen molar-refractivity contribution in [2.75, 3.05) is 7.11 Å². The molecule has 0 amide bonds. The number of hydrogen-bond donors (Lipinski definition) is 2. The second-order valence-electron chi connectivity index (χ2n) is 4.60. The molecule has 0 heterocycles. The third-order valence-electron chi connectivity index (χ3n) is 3.44. The molecule has 0 spiro atoms. The number of aliphatic hydroxyl groups is 1. The summed E-state index contributed by atoms with van der Waals surface area (Å²) in [6.45, 7) is 1.94. The maximum Gasteiger partial charge on any atom is 0.333 e. The summed E-state index contributed by atoms with van der Waals surface area (Å²) in [4.78, 5) is 11.0. The Hall–Kier alpha value is -1.55. The zero-order valence-electron chi connectivity index (χ0n) is 9.93. The summed E-state index contributed by atoms with van der Waals surface area (Å²) in [5.74, 6) is -0.528. The van der Waals surface area contributed by atoms with Crippen molar-refractivity contribution >= 4 is 5.97 Å². The molecular formula is C13H16O4. The molecule has 0 bridgehead atoms. The van der Waals surface area contributed by atoms with Gasteiger partial charge in [-0.3, -0.25) is 0 Å². The van der Waals surface area contributed by atoms with Crippen LogP contribution in [0, 0.1) is 6.92 Å². The molecule has 92 valence electrons. The number of carbonyl (C=O) groups is 1. The van der Waals surface area contributed by atoms with Gasteiger partial charge in [0.1, 0.15) is 5.75 Å². The van der Waals surface area contributed by atoms with Crippen LogP contribution in [0.4, 0.5) is 0 Å². The average Bonchev–Trinajstić information content (AvgIpc) is 3.09. The first-order valence-electron chi connectivity index (χ1n) is 5.57. The van der Waals surface area contributed by atoms with Gasteiger partial charge in [-0.25, -0.2) is 4.79 Å². The molecule has 2 rings (SSSR count). The number of aryl methyl sites for hydroxylation is 1. The maximum atomic E-state index is 11.0. The molecule has 1 aliphatic rings. The molecule has 1 unspecified atom stereocenters. The molecule has 17 heavy (non-hydrogen) atoms. The van der Waals surface area contributed by atoms with Crippen LogP contribution < -0.4 is 4.74 Å². The maximum absolute atomic E-state index is 11.0. The number of methoxy groups -OCH3 is 1. The minimum Gasteiger partial charge on any atom is -0.496 e. The lowest BCUT2D eigenvalue weighted by molar-refractivity contribution is -0.148. The number of aliphatic hydroxyl groups excluding tert-OH is 1. The molecule has 1 aromatic rings. The van der Waals surface area contributed by atoms with E-state index in [4.69, 9.17) is 9.84 Å². The number of ether oxygens (including phenoxy) is 1. The summed E-state index contributed by atoms with van der Waals surface area (Å²) < 4.78 is 5.25. The van der Waals surface area contributed by atoms with E-state index in [0.29, 0.717) is 18.6 Å². The highest BCUT2D eigenvalue weighted by Gasteiger charge is 2.54. The second kappa shape index (κ2) is 4.04. The number of aliphatic carboxylic acids is 1. The summed E-state index contributed by atoms with van der Waals surface area (Å²) in [5.41, 5.74) is 1.17. The van der Waals surface area contributed by atoms with Crippen LogP contribution in [0.2, 0.25) is 0 Å². The van der Waals surface area contributed by atoms with E-state index in [2.05, 4.69) is 0 Å². The van der Waals surface area contributed by atoms with E-state index < -0.39 is 17.5 Å². The van der Waals surface area contributed by atoms with Crippen molar-refractivity contribution in [2.45, 2.75) is 31.3 Å². The number of benzene rings is 1. The fourth-order valence-electron chi connectivity index (χ4n) is 2.27. The first-order chi connectivity index (χ1) is 8.01. The Kier molecular flexibility index (Phi) is 2.83. The van der Waals surface area contributed by atoms with Crippen molar-refractivity contribution in [3.8, 4) is 5.75 Å². The van der Waals surface area contributed by atoms with Gasteiger partial charge in [-0.15, -0.1) is 0 Å². The largest absolute Gasteiger partial charge is 0.496 e. The van der Waals surface area contributed by atoms with Crippen LogP contribution in [-0.4, -0.2) is 29.4 Å². The van der Waals surface area contributed by atoms with Crippen molar-refractivity contribution in [3.05, 3.63) is 29.3 Å². The van der Waals surface area contributed by atoms with Crippen LogP contribution in [0.15, 0.2) is 18.2 Å². The van der Waals surface area contributed by atoms with Crippen LogP contribution in [0.25, 0.3) is 0 Å². The number of carboxylic acids is 1. The molecule has 4 nitrogen and oxygen atoms in total. The van der Waals surface area contributed by atoms with E-state index in [1.165, 1.54) is 0 Å². The van der Waals surface area contributed by atoms with Crippen LogP contribution in [0.5, 0.6) is 5.75 Å². The lowest BCUT2D eigenvalue weighted by atomic mass is 9.88. The van der Waals surface area contributed by atoms with Gasteiger partial charge in [0.2, 0.25) is 0 Å². The molecule has 0 radical (unpaired) electrons. The van der Waals surface area contributed by atoms with Crippen LogP contribution in [-0.2, 0) is 10.2 Å². The predicted octanol–water partition coefficient (Wildman–Crippen LogP) is 1.48. The molecule has 1 saturated carbocycles. The Morgan fingerprint density at radius 3 is 2.59 bits per heavy atom. The smallest absolute Gasteiger partial charge is 0.333 e. The number of rotatable bonds is 4. The lowest BCUT2D eigenvalue weighted by Gasteiger charge is -2.22. The highest BCUT2D eigenvalue weighted by atomic mass is 16.5. The molecule has 0 aromatic heterocycles. The van der Waals surface area contributed by atoms with E-state index >= 15 is 0 Å². The predicted molar refractivity (Wildman–Crippen MR) is 62.3 cm³/mol. The van der Waals surface area contributed by atoms with Crippen molar-refractivity contribution in [1.82, 2.24) is 0 Å². The zero-order valence-corrected chi connectivity index (χ0v) is 9.93. The summed E-state index contributed by atoms with van der Waals surface area (Å²) in [6, 6.07) is 5.63. The molecule has 2 N–H and O–H groups in total. The highest BCUT2D eigenvalue weighted by molar-refractivity contribution is 5.76. The van der Waals surface area contributed by atoms with Crippen LogP contribution >= 0.6 is 0 Å².